The van der Waals surface area contributed by atoms with Gasteiger partial charge in [-0.25, -0.2) is 4.79 Å². The van der Waals surface area contributed by atoms with E-state index in [0.717, 1.165) is 40.6 Å². The quantitative estimate of drug-likeness (QED) is 0.306. The summed E-state index contributed by atoms with van der Waals surface area (Å²) >= 11 is 0. The molecule has 4 aromatic rings. The molecule has 1 amide bonds. The van der Waals surface area contributed by atoms with E-state index in [-0.39, 0.29) is 17.7 Å². The Labute approximate surface area is 215 Å². The highest BCUT2D eigenvalue weighted by Gasteiger charge is 2.23. The topological polar surface area (TPSA) is 85.7 Å². The van der Waals surface area contributed by atoms with Crippen LogP contribution in [-0.4, -0.2) is 41.9 Å². The second-order valence-corrected chi connectivity index (χ2v) is 8.94. The standard InChI is InChI=1S/C29H30N4O4/c34-28-26-5-2-1-4-22(26)13-17-32(28)18-16-31-27(23-11-14-30-15-12-23)6-3-20-36-25-9-7-24(8-10-25)33-19-21-37-29(33)35/h1-2,4-5,7-15,17,27,31H,3,6,16,18-21H2. The second-order valence-electron chi connectivity index (χ2n) is 8.94. The van der Waals surface area contributed by atoms with Crippen LogP contribution >= 0.6 is 0 Å². The Hall–Kier alpha value is -4.17. The highest BCUT2D eigenvalue weighted by Crippen LogP contribution is 2.23. The highest BCUT2D eigenvalue weighted by atomic mass is 16.6. The van der Waals surface area contributed by atoms with Gasteiger partial charge in [-0.05, 0) is 72.3 Å². The van der Waals surface area contributed by atoms with Crippen LogP contribution in [0.15, 0.2) is 90.1 Å². The molecule has 1 unspecified atom stereocenters. The third-order valence-electron chi connectivity index (χ3n) is 6.55. The van der Waals surface area contributed by atoms with Crippen molar-refractivity contribution >= 4 is 22.6 Å². The third-order valence-corrected chi connectivity index (χ3v) is 6.55. The molecule has 1 aliphatic heterocycles. The zero-order valence-electron chi connectivity index (χ0n) is 20.6. The molecule has 2 aromatic heterocycles. The molecule has 0 radical (unpaired) electrons. The summed E-state index contributed by atoms with van der Waals surface area (Å²) in [4.78, 5) is 30.3. The number of ether oxygens (including phenoxy) is 2. The molecular weight excluding hydrogens is 468 g/mol. The average molecular weight is 499 g/mol. The maximum atomic E-state index is 12.8. The van der Waals surface area contributed by atoms with Gasteiger partial charge >= 0.3 is 6.09 Å². The van der Waals surface area contributed by atoms with E-state index in [1.807, 2.05) is 72.9 Å². The minimum Gasteiger partial charge on any atom is -0.494 e. The van der Waals surface area contributed by atoms with Crippen molar-refractivity contribution < 1.29 is 14.3 Å². The van der Waals surface area contributed by atoms with Gasteiger partial charge in [0, 0.05) is 48.8 Å². The molecule has 37 heavy (non-hydrogen) atoms. The van der Waals surface area contributed by atoms with Gasteiger partial charge < -0.3 is 19.4 Å². The monoisotopic (exact) mass is 498 g/mol. The van der Waals surface area contributed by atoms with Crippen molar-refractivity contribution in [3.05, 3.63) is 101 Å². The molecule has 3 heterocycles. The van der Waals surface area contributed by atoms with Gasteiger partial charge in [-0.1, -0.05) is 18.2 Å². The minimum absolute atomic E-state index is 0.0291. The summed E-state index contributed by atoms with van der Waals surface area (Å²) in [5.41, 5.74) is 1.99. The number of carbonyl (C=O) groups excluding carboxylic acids is 1. The SMILES string of the molecule is O=C1OCCN1c1ccc(OCCCC(NCCn2ccc3ccccc3c2=O)c2ccncc2)cc1. The molecule has 1 fully saturated rings. The molecule has 1 saturated heterocycles. The highest BCUT2D eigenvalue weighted by molar-refractivity contribution is 5.89. The Morgan fingerprint density at radius 1 is 1.00 bits per heavy atom. The molecule has 1 N–H and O–H groups in total. The first-order valence-electron chi connectivity index (χ1n) is 12.6. The molecule has 8 nitrogen and oxygen atoms in total. The van der Waals surface area contributed by atoms with E-state index in [9.17, 15) is 9.59 Å². The normalized spacial score (nSPS) is 14.1. The first kappa shape index (κ1) is 24.5. The van der Waals surface area contributed by atoms with Crippen LogP contribution in [0.1, 0.15) is 24.4 Å². The summed E-state index contributed by atoms with van der Waals surface area (Å²) in [6.45, 7) is 2.80. The third kappa shape index (κ3) is 5.98. The number of rotatable bonds is 11. The summed E-state index contributed by atoms with van der Waals surface area (Å²) in [6.07, 6.45) is 6.86. The second kappa shape index (κ2) is 11.7. The first-order chi connectivity index (χ1) is 18.2. The lowest BCUT2D eigenvalue weighted by molar-refractivity contribution is 0.181. The zero-order chi connectivity index (χ0) is 25.5. The Morgan fingerprint density at radius 2 is 1.81 bits per heavy atom. The number of anilines is 1. The Morgan fingerprint density at radius 3 is 2.59 bits per heavy atom. The van der Waals surface area contributed by atoms with Gasteiger partial charge in [-0.3, -0.25) is 14.7 Å². The summed E-state index contributed by atoms with van der Waals surface area (Å²) < 4.78 is 12.7. The first-order valence-corrected chi connectivity index (χ1v) is 12.6. The number of amides is 1. The number of nitrogens with one attached hydrogen (secondary N) is 1. The van der Waals surface area contributed by atoms with Gasteiger partial charge in [0.2, 0.25) is 0 Å². The minimum atomic E-state index is -0.311. The van der Waals surface area contributed by atoms with Crippen molar-refractivity contribution in [2.75, 3.05) is 31.2 Å². The Bertz CT molecular complexity index is 1390. The van der Waals surface area contributed by atoms with E-state index < -0.39 is 0 Å². The molecule has 0 bridgehead atoms. The number of pyridine rings is 2. The van der Waals surface area contributed by atoms with Crippen LogP contribution in [0.2, 0.25) is 0 Å². The number of fused-ring (bicyclic) bond motifs is 1. The number of hydrogen-bond acceptors (Lipinski definition) is 6. The van der Waals surface area contributed by atoms with Crippen LogP contribution in [-0.2, 0) is 11.3 Å². The summed E-state index contributed by atoms with van der Waals surface area (Å²) in [5.74, 6) is 0.764. The van der Waals surface area contributed by atoms with Crippen molar-refractivity contribution in [1.82, 2.24) is 14.9 Å². The lowest BCUT2D eigenvalue weighted by Gasteiger charge is -2.20. The molecule has 1 atom stereocenters. The molecule has 1 aliphatic rings. The van der Waals surface area contributed by atoms with Crippen molar-refractivity contribution in [2.24, 2.45) is 0 Å². The van der Waals surface area contributed by atoms with Crippen molar-refractivity contribution in [1.29, 1.82) is 0 Å². The van der Waals surface area contributed by atoms with E-state index in [4.69, 9.17) is 9.47 Å². The predicted molar refractivity (Wildman–Crippen MR) is 143 cm³/mol. The summed E-state index contributed by atoms with van der Waals surface area (Å²) in [7, 11) is 0. The predicted octanol–water partition coefficient (Wildman–Crippen LogP) is 4.54. The Balaban J connectivity index is 1.14. The maximum Gasteiger partial charge on any atom is 0.414 e. The van der Waals surface area contributed by atoms with Crippen LogP contribution in [0, 0.1) is 0 Å². The van der Waals surface area contributed by atoms with Gasteiger partial charge in [-0.15, -0.1) is 0 Å². The van der Waals surface area contributed by atoms with Gasteiger partial charge in [0.1, 0.15) is 12.4 Å². The molecule has 0 saturated carbocycles. The fourth-order valence-corrected chi connectivity index (χ4v) is 4.58. The summed E-state index contributed by atoms with van der Waals surface area (Å²) in [5, 5.41) is 5.30. The number of carbonyl (C=O) groups is 1. The molecule has 8 heteroatoms. The largest absolute Gasteiger partial charge is 0.494 e. The maximum absolute atomic E-state index is 12.8. The van der Waals surface area contributed by atoms with Crippen molar-refractivity contribution in [2.45, 2.75) is 25.4 Å². The zero-order valence-corrected chi connectivity index (χ0v) is 20.6. The lowest BCUT2D eigenvalue weighted by Crippen LogP contribution is -2.29. The van der Waals surface area contributed by atoms with Gasteiger partial charge in [0.15, 0.2) is 0 Å². The number of nitrogens with zero attached hydrogens (tertiary/aromatic N) is 3. The number of aromatic nitrogens is 2. The smallest absolute Gasteiger partial charge is 0.414 e. The van der Waals surface area contributed by atoms with E-state index in [1.54, 1.807) is 21.9 Å². The van der Waals surface area contributed by atoms with Crippen molar-refractivity contribution in [3.63, 3.8) is 0 Å². The molecule has 2 aromatic carbocycles. The fourth-order valence-electron chi connectivity index (χ4n) is 4.58. The number of benzene rings is 2. The fraction of sp³-hybridized carbons (Fsp3) is 0.276. The number of hydrogen-bond donors (Lipinski definition) is 1. The van der Waals surface area contributed by atoms with Crippen LogP contribution < -0.4 is 20.5 Å². The molecular formula is C29H30N4O4. The number of cyclic esters (lactones) is 1. The summed E-state index contributed by atoms with van der Waals surface area (Å²) in [6, 6.07) is 21.3. The van der Waals surface area contributed by atoms with Gasteiger partial charge in [0.05, 0.1) is 13.2 Å². The van der Waals surface area contributed by atoms with Crippen LogP contribution in [0.25, 0.3) is 10.8 Å². The van der Waals surface area contributed by atoms with E-state index in [1.165, 1.54) is 0 Å². The van der Waals surface area contributed by atoms with Crippen LogP contribution in [0.3, 0.4) is 0 Å². The molecule has 0 aliphatic carbocycles. The van der Waals surface area contributed by atoms with Crippen LogP contribution in [0.5, 0.6) is 5.75 Å². The Kier molecular flexibility index (Phi) is 7.76. The van der Waals surface area contributed by atoms with E-state index in [0.29, 0.717) is 32.8 Å². The lowest BCUT2D eigenvalue weighted by atomic mass is 10.0. The van der Waals surface area contributed by atoms with Gasteiger partial charge in [-0.2, -0.15) is 0 Å². The molecule has 5 rings (SSSR count). The van der Waals surface area contributed by atoms with E-state index >= 15 is 0 Å². The van der Waals surface area contributed by atoms with Gasteiger partial charge in [0.25, 0.3) is 5.56 Å². The average Bonchev–Trinajstić information content (AvgIpc) is 3.38. The molecule has 0 spiro atoms. The van der Waals surface area contributed by atoms with E-state index in [2.05, 4.69) is 10.3 Å². The van der Waals surface area contributed by atoms with Crippen molar-refractivity contribution in [3.8, 4) is 5.75 Å². The van der Waals surface area contributed by atoms with Crippen LogP contribution in [0.4, 0.5) is 10.5 Å². The molecule has 190 valence electrons.